The normalized spacial score (nSPS) is 12.3. The van der Waals surface area contributed by atoms with Gasteiger partial charge in [-0.05, 0) is 55.8 Å². The monoisotopic (exact) mass is 410 g/mol. The minimum absolute atomic E-state index is 0.266. The second kappa shape index (κ2) is 9.10. The number of halogens is 1. The van der Waals surface area contributed by atoms with E-state index in [-0.39, 0.29) is 6.54 Å². The quantitative estimate of drug-likeness (QED) is 0.725. The molecule has 1 N–H and O–H groups in total. The zero-order valence-corrected chi connectivity index (χ0v) is 17.0. The van der Waals surface area contributed by atoms with E-state index in [0.29, 0.717) is 17.3 Å². The van der Waals surface area contributed by atoms with Gasteiger partial charge >= 0.3 is 0 Å². The number of amides is 1. The fourth-order valence-electron chi connectivity index (χ4n) is 2.65. The summed E-state index contributed by atoms with van der Waals surface area (Å²) in [6.45, 7) is 4.26. The van der Waals surface area contributed by atoms with Crippen molar-refractivity contribution in [2.24, 2.45) is 0 Å². The SMILES string of the molecule is CCOc1cccc(CNC(=O)C(C)N(c2ccc(Cl)cc2)S(C)(=O)=O)c1. The van der Waals surface area contributed by atoms with Crippen LogP contribution in [0.4, 0.5) is 5.69 Å². The molecule has 0 aliphatic rings. The molecule has 1 unspecified atom stereocenters. The number of carbonyl (C=O) groups is 1. The fraction of sp³-hybridized carbons (Fsp3) is 0.316. The molecule has 1 atom stereocenters. The van der Waals surface area contributed by atoms with Crippen molar-refractivity contribution in [1.82, 2.24) is 5.32 Å². The number of hydrogen-bond donors (Lipinski definition) is 1. The van der Waals surface area contributed by atoms with Crippen LogP contribution < -0.4 is 14.4 Å². The number of nitrogens with zero attached hydrogens (tertiary/aromatic N) is 1. The fourth-order valence-corrected chi connectivity index (χ4v) is 3.95. The maximum absolute atomic E-state index is 12.6. The molecule has 1 amide bonds. The van der Waals surface area contributed by atoms with Crippen molar-refractivity contribution in [2.75, 3.05) is 17.2 Å². The Morgan fingerprint density at radius 3 is 2.48 bits per heavy atom. The number of carbonyl (C=O) groups excluding carboxylic acids is 1. The highest BCUT2D eigenvalue weighted by molar-refractivity contribution is 7.92. The number of hydrogen-bond acceptors (Lipinski definition) is 4. The van der Waals surface area contributed by atoms with Gasteiger partial charge < -0.3 is 10.1 Å². The minimum atomic E-state index is -3.66. The van der Waals surface area contributed by atoms with E-state index in [1.165, 1.54) is 0 Å². The predicted molar refractivity (Wildman–Crippen MR) is 108 cm³/mol. The van der Waals surface area contributed by atoms with Crippen LogP contribution in [0, 0.1) is 0 Å². The topological polar surface area (TPSA) is 75.7 Å². The number of rotatable bonds is 8. The highest BCUT2D eigenvalue weighted by atomic mass is 35.5. The highest BCUT2D eigenvalue weighted by Gasteiger charge is 2.28. The number of anilines is 1. The van der Waals surface area contributed by atoms with Gasteiger partial charge in [0.15, 0.2) is 0 Å². The molecule has 0 heterocycles. The van der Waals surface area contributed by atoms with E-state index in [1.807, 2.05) is 31.2 Å². The third-order valence-corrected chi connectivity index (χ3v) is 5.34. The van der Waals surface area contributed by atoms with Crippen LogP contribution in [0.3, 0.4) is 0 Å². The average Bonchev–Trinajstić information content (AvgIpc) is 2.61. The minimum Gasteiger partial charge on any atom is -0.494 e. The summed E-state index contributed by atoms with van der Waals surface area (Å²) in [5.41, 5.74) is 1.24. The van der Waals surface area contributed by atoms with Crippen LogP contribution in [0.5, 0.6) is 5.75 Å². The molecule has 0 radical (unpaired) electrons. The Kier molecular flexibility index (Phi) is 7.10. The molecule has 0 aliphatic carbocycles. The van der Waals surface area contributed by atoms with Crippen LogP contribution in [0.1, 0.15) is 19.4 Å². The lowest BCUT2D eigenvalue weighted by atomic mass is 10.2. The van der Waals surface area contributed by atoms with E-state index in [1.54, 1.807) is 31.2 Å². The van der Waals surface area contributed by atoms with Crippen LogP contribution in [-0.4, -0.2) is 33.2 Å². The van der Waals surface area contributed by atoms with E-state index in [2.05, 4.69) is 5.32 Å². The molecule has 2 aromatic rings. The van der Waals surface area contributed by atoms with E-state index in [9.17, 15) is 13.2 Å². The molecule has 0 aliphatic heterocycles. The molecular weight excluding hydrogens is 388 g/mol. The summed E-state index contributed by atoms with van der Waals surface area (Å²) in [5, 5.41) is 3.26. The van der Waals surface area contributed by atoms with Gasteiger partial charge in [-0.15, -0.1) is 0 Å². The second-order valence-corrected chi connectivity index (χ2v) is 8.31. The summed E-state index contributed by atoms with van der Waals surface area (Å²) < 4.78 is 31.0. The maximum atomic E-state index is 12.6. The van der Waals surface area contributed by atoms with Crippen LogP contribution in [-0.2, 0) is 21.4 Å². The van der Waals surface area contributed by atoms with E-state index < -0.39 is 22.0 Å². The van der Waals surface area contributed by atoms with Crippen molar-refractivity contribution in [3.63, 3.8) is 0 Å². The number of nitrogens with one attached hydrogen (secondary N) is 1. The maximum Gasteiger partial charge on any atom is 0.243 e. The van der Waals surface area contributed by atoms with Gasteiger partial charge in [0.05, 0.1) is 18.6 Å². The van der Waals surface area contributed by atoms with Gasteiger partial charge in [-0.25, -0.2) is 8.42 Å². The third-order valence-electron chi connectivity index (χ3n) is 3.85. The lowest BCUT2D eigenvalue weighted by molar-refractivity contribution is -0.122. The highest BCUT2D eigenvalue weighted by Crippen LogP contribution is 2.23. The van der Waals surface area contributed by atoms with Gasteiger partial charge in [0.2, 0.25) is 15.9 Å². The van der Waals surface area contributed by atoms with Gasteiger partial charge in [-0.1, -0.05) is 23.7 Å². The Morgan fingerprint density at radius 1 is 1.22 bits per heavy atom. The van der Waals surface area contributed by atoms with Crippen molar-refractivity contribution in [3.05, 3.63) is 59.1 Å². The standard InChI is InChI=1S/C19H23ClN2O4S/c1-4-26-18-7-5-6-15(12-18)13-21-19(23)14(2)22(27(3,24)25)17-10-8-16(20)9-11-17/h5-12,14H,4,13H2,1-3H3,(H,21,23). The molecule has 0 saturated carbocycles. The molecule has 2 rings (SSSR count). The molecule has 27 heavy (non-hydrogen) atoms. The van der Waals surface area contributed by atoms with Crippen LogP contribution >= 0.6 is 11.6 Å². The van der Waals surface area contributed by atoms with E-state index in [4.69, 9.17) is 16.3 Å². The van der Waals surface area contributed by atoms with Crippen molar-refractivity contribution in [3.8, 4) is 5.75 Å². The van der Waals surface area contributed by atoms with Crippen LogP contribution in [0.25, 0.3) is 0 Å². The van der Waals surface area contributed by atoms with Crippen LogP contribution in [0.15, 0.2) is 48.5 Å². The summed E-state index contributed by atoms with van der Waals surface area (Å²) >= 11 is 5.87. The van der Waals surface area contributed by atoms with Crippen molar-refractivity contribution in [2.45, 2.75) is 26.4 Å². The molecule has 0 fully saturated rings. The van der Waals surface area contributed by atoms with E-state index >= 15 is 0 Å². The molecule has 0 saturated heterocycles. The number of sulfonamides is 1. The summed E-state index contributed by atoms with van der Waals surface area (Å²) in [6, 6.07) is 12.8. The van der Waals surface area contributed by atoms with Crippen molar-refractivity contribution >= 4 is 33.2 Å². The van der Waals surface area contributed by atoms with Gasteiger partial charge in [-0.3, -0.25) is 9.10 Å². The third kappa shape index (κ3) is 5.87. The number of benzene rings is 2. The molecule has 2 aromatic carbocycles. The first-order valence-corrected chi connectivity index (χ1v) is 10.7. The molecule has 0 spiro atoms. The molecule has 8 heteroatoms. The largest absolute Gasteiger partial charge is 0.494 e. The Bertz CT molecular complexity index is 885. The number of ether oxygens (including phenoxy) is 1. The summed E-state index contributed by atoms with van der Waals surface area (Å²) in [5.74, 6) is 0.313. The van der Waals surface area contributed by atoms with Gasteiger partial charge in [0.1, 0.15) is 11.8 Å². The first-order valence-electron chi connectivity index (χ1n) is 8.46. The molecular formula is C19H23ClN2O4S. The summed E-state index contributed by atoms with van der Waals surface area (Å²) in [7, 11) is -3.66. The Morgan fingerprint density at radius 2 is 1.89 bits per heavy atom. The smallest absolute Gasteiger partial charge is 0.243 e. The molecule has 146 valence electrons. The average molecular weight is 411 g/mol. The molecule has 0 bridgehead atoms. The first-order chi connectivity index (χ1) is 12.7. The zero-order chi connectivity index (χ0) is 20.0. The molecule has 0 aromatic heterocycles. The molecule has 6 nitrogen and oxygen atoms in total. The van der Waals surface area contributed by atoms with Crippen molar-refractivity contribution in [1.29, 1.82) is 0 Å². The summed E-state index contributed by atoms with van der Waals surface area (Å²) in [6.07, 6.45) is 1.07. The van der Waals surface area contributed by atoms with Crippen molar-refractivity contribution < 1.29 is 17.9 Å². The van der Waals surface area contributed by atoms with Gasteiger partial charge in [0, 0.05) is 11.6 Å². The Labute approximate surface area is 165 Å². The first kappa shape index (κ1) is 21.1. The lowest BCUT2D eigenvalue weighted by Gasteiger charge is -2.28. The second-order valence-electron chi connectivity index (χ2n) is 6.01. The Hall–Kier alpha value is -2.25. The van der Waals surface area contributed by atoms with Crippen LogP contribution in [0.2, 0.25) is 5.02 Å². The Balaban J connectivity index is 2.13. The predicted octanol–water partition coefficient (Wildman–Crippen LogP) is 3.21. The van der Waals surface area contributed by atoms with Gasteiger partial charge in [-0.2, -0.15) is 0 Å². The summed E-state index contributed by atoms with van der Waals surface area (Å²) in [4.78, 5) is 12.6. The lowest BCUT2D eigenvalue weighted by Crippen LogP contribution is -2.47. The van der Waals surface area contributed by atoms with Gasteiger partial charge in [0.25, 0.3) is 0 Å². The van der Waals surface area contributed by atoms with E-state index in [0.717, 1.165) is 21.9 Å². The zero-order valence-electron chi connectivity index (χ0n) is 15.5.